The molecule has 3 heteroatoms. The van der Waals surface area contributed by atoms with Crippen molar-refractivity contribution in [3.8, 4) is 0 Å². The largest absolute Gasteiger partial charge is 0.349 e. The van der Waals surface area contributed by atoms with E-state index in [1.165, 1.54) is 5.56 Å². The van der Waals surface area contributed by atoms with Gasteiger partial charge in [0.2, 0.25) is 0 Å². The summed E-state index contributed by atoms with van der Waals surface area (Å²) in [5.74, 6) is -0.0442. The number of amides is 1. The van der Waals surface area contributed by atoms with Crippen molar-refractivity contribution in [3.05, 3.63) is 71.6 Å². The Bertz CT molecular complexity index is 611. The number of carbonyl (C=O) groups excluding carboxylic acids is 1. The first-order valence-corrected chi connectivity index (χ1v) is 6.73. The Morgan fingerprint density at radius 1 is 1.30 bits per heavy atom. The van der Waals surface area contributed by atoms with Crippen molar-refractivity contribution in [3.63, 3.8) is 0 Å². The normalized spacial score (nSPS) is 10.3. The predicted molar refractivity (Wildman–Crippen MR) is 82.0 cm³/mol. The second-order valence-electron chi connectivity index (χ2n) is 4.86. The number of nitrogens with one attached hydrogen (secondary N) is 1. The molecule has 1 N–H and O–H groups in total. The average molecular weight is 268 g/mol. The fourth-order valence-electron chi connectivity index (χ4n) is 2.30. The van der Waals surface area contributed by atoms with Crippen LogP contribution in [0, 0.1) is 13.8 Å². The summed E-state index contributed by atoms with van der Waals surface area (Å²) in [7, 11) is 0. The predicted octanol–water partition coefficient (Wildman–Crippen LogP) is 3.07. The van der Waals surface area contributed by atoms with Gasteiger partial charge in [0, 0.05) is 24.5 Å². The minimum Gasteiger partial charge on any atom is -0.349 e. The van der Waals surface area contributed by atoms with E-state index in [4.69, 9.17) is 0 Å². The number of aryl methyl sites for hydroxylation is 1. The highest BCUT2D eigenvalue weighted by Crippen LogP contribution is 2.17. The molecule has 1 aromatic heterocycles. The summed E-state index contributed by atoms with van der Waals surface area (Å²) < 4.78 is 2.16. The Kier molecular flexibility index (Phi) is 4.41. The van der Waals surface area contributed by atoms with Gasteiger partial charge in [-0.05, 0) is 25.5 Å². The highest BCUT2D eigenvalue weighted by atomic mass is 16.1. The minimum atomic E-state index is -0.0442. The van der Waals surface area contributed by atoms with Gasteiger partial charge in [-0.1, -0.05) is 36.4 Å². The fourth-order valence-corrected chi connectivity index (χ4v) is 2.30. The summed E-state index contributed by atoms with van der Waals surface area (Å²) >= 11 is 0. The standard InChI is InChI=1S/C17H20N2O/c1-4-10-18-17(20)16-11-13(2)19(14(16)3)12-15-8-6-5-7-9-15/h4-9,11H,1,10,12H2,2-3H3,(H,18,20). The second kappa shape index (κ2) is 6.24. The van der Waals surface area contributed by atoms with E-state index in [0.717, 1.165) is 23.5 Å². The summed E-state index contributed by atoms with van der Waals surface area (Å²) in [4.78, 5) is 12.1. The molecule has 0 aliphatic rings. The summed E-state index contributed by atoms with van der Waals surface area (Å²) in [6.07, 6.45) is 1.68. The zero-order valence-corrected chi connectivity index (χ0v) is 12.0. The molecule has 0 atom stereocenters. The zero-order valence-electron chi connectivity index (χ0n) is 12.0. The number of nitrogens with zero attached hydrogens (tertiary/aromatic N) is 1. The molecule has 0 bridgehead atoms. The van der Waals surface area contributed by atoms with Crippen LogP contribution in [0.4, 0.5) is 0 Å². The van der Waals surface area contributed by atoms with Gasteiger partial charge >= 0.3 is 0 Å². The number of benzene rings is 1. The molecule has 0 radical (unpaired) electrons. The molecular formula is C17H20N2O. The fraction of sp³-hybridized carbons (Fsp3) is 0.235. The third kappa shape index (κ3) is 2.99. The van der Waals surface area contributed by atoms with E-state index in [1.807, 2.05) is 38.1 Å². The van der Waals surface area contributed by atoms with E-state index in [1.54, 1.807) is 6.08 Å². The van der Waals surface area contributed by atoms with Crippen LogP contribution in [0.2, 0.25) is 0 Å². The molecule has 0 aliphatic heterocycles. The molecule has 2 aromatic rings. The van der Waals surface area contributed by atoms with Crippen LogP contribution >= 0.6 is 0 Å². The van der Waals surface area contributed by atoms with Gasteiger partial charge in [0.05, 0.1) is 5.56 Å². The average Bonchev–Trinajstić information content (AvgIpc) is 2.74. The number of carbonyl (C=O) groups is 1. The first-order chi connectivity index (χ1) is 9.63. The molecule has 0 fully saturated rings. The van der Waals surface area contributed by atoms with Crippen molar-refractivity contribution >= 4 is 5.91 Å². The van der Waals surface area contributed by atoms with Gasteiger partial charge in [0.1, 0.15) is 0 Å². The van der Waals surface area contributed by atoms with Crippen molar-refractivity contribution < 1.29 is 4.79 Å². The number of aromatic nitrogens is 1. The first-order valence-electron chi connectivity index (χ1n) is 6.73. The van der Waals surface area contributed by atoms with Crippen LogP contribution in [0.1, 0.15) is 27.3 Å². The van der Waals surface area contributed by atoms with Crippen molar-refractivity contribution in [2.45, 2.75) is 20.4 Å². The smallest absolute Gasteiger partial charge is 0.253 e. The Morgan fingerprint density at radius 2 is 2.00 bits per heavy atom. The summed E-state index contributed by atoms with van der Waals surface area (Å²) in [6.45, 7) is 8.89. The minimum absolute atomic E-state index is 0.0442. The van der Waals surface area contributed by atoms with E-state index in [-0.39, 0.29) is 5.91 Å². The molecule has 104 valence electrons. The van der Waals surface area contributed by atoms with Crippen LogP contribution in [-0.2, 0) is 6.54 Å². The third-order valence-corrected chi connectivity index (χ3v) is 3.41. The number of hydrogen-bond donors (Lipinski definition) is 1. The zero-order chi connectivity index (χ0) is 14.5. The maximum atomic E-state index is 12.1. The summed E-state index contributed by atoms with van der Waals surface area (Å²) in [5, 5.41) is 2.82. The lowest BCUT2D eigenvalue weighted by molar-refractivity contribution is 0.0957. The molecule has 20 heavy (non-hydrogen) atoms. The summed E-state index contributed by atoms with van der Waals surface area (Å²) in [5.41, 5.74) is 4.05. The lowest BCUT2D eigenvalue weighted by atomic mass is 10.2. The maximum absolute atomic E-state index is 12.1. The van der Waals surface area contributed by atoms with Crippen molar-refractivity contribution in [2.75, 3.05) is 6.54 Å². The van der Waals surface area contributed by atoms with Crippen molar-refractivity contribution in [1.82, 2.24) is 9.88 Å². The van der Waals surface area contributed by atoms with Crippen LogP contribution in [0.25, 0.3) is 0 Å². The van der Waals surface area contributed by atoms with Crippen molar-refractivity contribution in [2.24, 2.45) is 0 Å². The highest BCUT2D eigenvalue weighted by molar-refractivity contribution is 5.95. The van der Waals surface area contributed by atoms with E-state index in [2.05, 4.69) is 28.6 Å². The maximum Gasteiger partial charge on any atom is 0.253 e. The second-order valence-corrected chi connectivity index (χ2v) is 4.86. The lowest BCUT2D eigenvalue weighted by Gasteiger charge is -2.10. The number of hydrogen-bond acceptors (Lipinski definition) is 1. The quantitative estimate of drug-likeness (QED) is 0.831. The van der Waals surface area contributed by atoms with Gasteiger partial charge in [-0.3, -0.25) is 4.79 Å². The molecule has 1 heterocycles. The van der Waals surface area contributed by atoms with Gasteiger partial charge in [-0.15, -0.1) is 6.58 Å². The SMILES string of the molecule is C=CCNC(=O)c1cc(C)n(Cc2ccccc2)c1C. The number of rotatable bonds is 5. The van der Waals surface area contributed by atoms with Gasteiger partial charge in [-0.2, -0.15) is 0 Å². The van der Waals surface area contributed by atoms with Gasteiger partial charge in [0.15, 0.2) is 0 Å². The molecule has 2 rings (SSSR count). The van der Waals surface area contributed by atoms with Gasteiger partial charge in [-0.25, -0.2) is 0 Å². The Labute approximate surface area is 119 Å². The topological polar surface area (TPSA) is 34.0 Å². The van der Waals surface area contributed by atoms with E-state index >= 15 is 0 Å². The van der Waals surface area contributed by atoms with Crippen LogP contribution in [-0.4, -0.2) is 17.0 Å². The highest BCUT2D eigenvalue weighted by Gasteiger charge is 2.15. The summed E-state index contributed by atoms with van der Waals surface area (Å²) in [6, 6.07) is 12.2. The molecule has 0 saturated heterocycles. The molecule has 3 nitrogen and oxygen atoms in total. The first kappa shape index (κ1) is 14.1. The van der Waals surface area contributed by atoms with Crippen LogP contribution in [0.5, 0.6) is 0 Å². The molecule has 0 saturated carbocycles. The molecule has 1 amide bonds. The van der Waals surface area contributed by atoms with E-state index in [0.29, 0.717) is 6.54 Å². The molecule has 0 spiro atoms. The van der Waals surface area contributed by atoms with Gasteiger partial charge in [0.25, 0.3) is 5.91 Å². The lowest BCUT2D eigenvalue weighted by Crippen LogP contribution is -2.23. The van der Waals surface area contributed by atoms with Crippen LogP contribution < -0.4 is 5.32 Å². The molecule has 1 aromatic carbocycles. The Hall–Kier alpha value is -2.29. The Morgan fingerprint density at radius 3 is 2.65 bits per heavy atom. The van der Waals surface area contributed by atoms with Crippen molar-refractivity contribution in [1.29, 1.82) is 0 Å². The third-order valence-electron chi connectivity index (χ3n) is 3.41. The van der Waals surface area contributed by atoms with E-state index < -0.39 is 0 Å². The molecule has 0 aliphatic carbocycles. The monoisotopic (exact) mass is 268 g/mol. The van der Waals surface area contributed by atoms with E-state index in [9.17, 15) is 4.79 Å². The molecular weight excluding hydrogens is 248 g/mol. The van der Waals surface area contributed by atoms with Crippen LogP contribution in [0.3, 0.4) is 0 Å². The van der Waals surface area contributed by atoms with Crippen LogP contribution in [0.15, 0.2) is 49.1 Å². The Balaban J connectivity index is 2.25. The molecule has 0 unspecified atom stereocenters. The van der Waals surface area contributed by atoms with Gasteiger partial charge < -0.3 is 9.88 Å².